The van der Waals surface area contributed by atoms with Gasteiger partial charge < -0.3 is 5.32 Å². The number of carbonyl (C=O) groups excluding carboxylic acids is 1. The van der Waals surface area contributed by atoms with Crippen molar-refractivity contribution >= 4 is 34.8 Å². The molecule has 1 amide bonds. The van der Waals surface area contributed by atoms with E-state index in [2.05, 4.69) is 10.4 Å². The van der Waals surface area contributed by atoms with Gasteiger partial charge in [0.2, 0.25) is 5.91 Å². The van der Waals surface area contributed by atoms with E-state index in [9.17, 15) is 9.59 Å². The quantitative estimate of drug-likeness (QED) is 0.930. The van der Waals surface area contributed by atoms with E-state index in [0.717, 1.165) is 27.9 Å². The van der Waals surface area contributed by atoms with E-state index in [1.54, 1.807) is 0 Å². The number of carbonyl (C=O) groups is 1. The minimum Gasteiger partial charge on any atom is -0.324 e. The highest BCUT2D eigenvalue weighted by Gasteiger charge is 2.13. The summed E-state index contributed by atoms with van der Waals surface area (Å²) in [6, 6.07) is 5.80. The first-order chi connectivity index (χ1) is 10.4. The van der Waals surface area contributed by atoms with Gasteiger partial charge in [-0.15, -0.1) is 0 Å². The summed E-state index contributed by atoms with van der Waals surface area (Å²) in [6.45, 7) is 3.70. The lowest BCUT2D eigenvalue weighted by Crippen LogP contribution is -2.30. The van der Waals surface area contributed by atoms with Crippen LogP contribution in [0.25, 0.3) is 0 Å². The topological polar surface area (TPSA) is 64.0 Å². The first-order valence-electron chi connectivity index (χ1n) is 6.73. The molecule has 0 aliphatic heterocycles. The number of nitrogens with one attached hydrogen (secondary N) is 1. The van der Waals surface area contributed by atoms with Gasteiger partial charge in [-0.25, -0.2) is 4.68 Å². The van der Waals surface area contributed by atoms with Gasteiger partial charge in [-0.1, -0.05) is 48.3 Å². The average molecular weight is 340 g/mol. The third-order valence-electron chi connectivity index (χ3n) is 3.24. The number of anilines is 1. The molecule has 1 aromatic carbocycles. The van der Waals surface area contributed by atoms with Gasteiger partial charge in [-0.3, -0.25) is 9.59 Å². The third-order valence-corrected chi connectivity index (χ3v) is 3.99. The van der Waals surface area contributed by atoms with Crippen molar-refractivity contribution in [2.24, 2.45) is 0 Å². The smallest absolute Gasteiger partial charge is 0.287 e. The minimum atomic E-state index is -0.593. The van der Waals surface area contributed by atoms with E-state index in [1.165, 1.54) is 6.20 Å². The van der Waals surface area contributed by atoms with Crippen molar-refractivity contribution in [3.8, 4) is 0 Å². The zero-order valence-electron chi connectivity index (χ0n) is 12.2. The molecular formula is C15H15Cl2N3O2. The van der Waals surface area contributed by atoms with Crippen LogP contribution in [-0.4, -0.2) is 15.7 Å². The molecule has 0 radical (unpaired) electrons. The van der Waals surface area contributed by atoms with Crippen molar-refractivity contribution < 1.29 is 4.79 Å². The zero-order valence-corrected chi connectivity index (χ0v) is 13.7. The van der Waals surface area contributed by atoms with Gasteiger partial charge in [-0.2, -0.15) is 5.10 Å². The molecule has 2 rings (SSSR count). The Morgan fingerprint density at radius 2 is 2.09 bits per heavy atom. The van der Waals surface area contributed by atoms with Gasteiger partial charge in [0.05, 0.1) is 11.2 Å². The second-order valence-corrected chi connectivity index (χ2v) is 5.57. The molecule has 2 aromatic rings. The molecule has 0 unspecified atom stereocenters. The van der Waals surface area contributed by atoms with Gasteiger partial charge in [0.1, 0.15) is 11.6 Å². The van der Waals surface area contributed by atoms with Crippen LogP contribution in [0.5, 0.6) is 0 Å². The molecule has 5 nitrogen and oxygen atoms in total. The fraction of sp³-hybridized carbons (Fsp3) is 0.267. The first-order valence-corrected chi connectivity index (χ1v) is 7.49. The van der Waals surface area contributed by atoms with E-state index in [4.69, 9.17) is 23.2 Å². The van der Waals surface area contributed by atoms with Crippen molar-refractivity contribution in [3.63, 3.8) is 0 Å². The Balaban J connectivity index is 2.22. The standard InChI is InChI=1S/C15H15Cl2N3O2/c1-3-10-6-4-5-9(2)14(10)19-12(21)8-20-15(22)13(17)11(16)7-18-20/h4-7H,3,8H2,1-2H3,(H,19,21). The number of amides is 1. The zero-order chi connectivity index (χ0) is 16.3. The van der Waals surface area contributed by atoms with Gasteiger partial charge in [0.15, 0.2) is 0 Å². The molecule has 7 heteroatoms. The number of nitrogens with zero attached hydrogens (tertiary/aromatic N) is 2. The number of halogens is 2. The average Bonchev–Trinajstić information content (AvgIpc) is 2.50. The van der Waals surface area contributed by atoms with E-state index in [0.29, 0.717) is 0 Å². The Bertz CT molecular complexity index is 772. The molecule has 0 bridgehead atoms. The summed E-state index contributed by atoms with van der Waals surface area (Å²) in [5, 5.41) is 6.56. The maximum Gasteiger partial charge on any atom is 0.287 e. The summed E-state index contributed by atoms with van der Waals surface area (Å²) < 4.78 is 0.980. The second kappa shape index (κ2) is 6.94. The Morgan fingerprint density at radius 3 is 2.77 bits per heavy atom. The van der Waals surface area contributed by atoms with Crippen molar-refractivity contribution in [2.45, 2.75) is 26.8 Å². The Labute approximate surface area is 137 Å². The molecule has 0 atom stereocenters. The summed E-state index contributed by atoms with van der Waals surface area (Å²) in [5.41, 5.74) is 2.16. The minimum absolute atomic E-state index is 0.0653. The summed E-state index contributed by atoms with van der Waals surface area (Å²) in [6.07, 6.45) is 2.03. The molecule has 1 aromatic heterocycles. The fourth-order valence-corrected chi connectivity index (χ4v) is 2.35. The number of para-hydroxylation sites is 1. The number of benzene rings is 1. The number of aromatic nitrogens is 2. The van der Waals surface area contributed by atoms with Gasteiger partial charge in [0, 0.05) is 5.69 Å². The van der Waals surface area contributed by atoms with Crippen molar-refractivity contribution in [3.05, 3.63) is 55.9 Å². The Kier molecular flexibility index (Phi) is 5.21. The molecule has 0 aliphatic carbocycles. The predicted octanol–water partition coefficient (Wildman–Crippen LogP) is 3.06. The molecule has 1 heterocycles. The largest absolute Gasteiger partial charge is 0.324 e. The molecule has 1 N–H and O–H groups in total. The van der Waals surface area contributed by atoms with E-state index in [1.807, 2.05) is 32.0 Å². The van der Waals surface area contributed by atoms with Crippen LogP contribution >= 0.6 is 23.2 Å². The number of hydrogen-bond acceptors (Lipinski definition) is 3. The SMILES string of the molecule is CCc1cccc(C)c1NC(=O)Cn1ncc(Cl)c(Cl)c1=O. The summed E-state index contributed by atoms with van der Waals surface area (Å²) >= 11 is 11.5. The van der Waals surface area contributed by atoms with Gasteiger partial charge in [-0.05, 0) is 24.5 Å². The van der Waals surface area contributed by atoms with E-state index >= 15 is 0 Å². The van der Waals surface area contributed by atoms with Crippen LogP contribution in [0.2, 0.25) is 10.0 Å². The maximum absolute atomic E-state index is 12.2. The van der Waals surface area contributed by atoms with Crippen LogP contribution in [0.15, 0.2) is 29.2 Å². The Morgan fingerprint density at radius 1 is 1.36 bits per heavy atom. The molecule has 0 saturated heterocycles. The summed E-state index contributed by atoms with van der Waals surface area (Å²) in [5.74, 6) is -0.350. The number of hydrogen-bond donors (Lipinski definition) is 1. The molecule has 0 spiro atoms. The normalized spacial score (nSPS) is 10.5. The van der Waals surface area contributed by atoms with Crippen LogP contribution in [0.3, 0.4) is 0 Å². The second-order valence-electron chi connectivity index (χ2n) is 4.78. The lowest BCUT2D eigenvalue weighted by Gasteiger charge is -2.13. The highest BCUT2D eigenvalue weighted by molar-refractivity contribution is 6.41. The lowest BCUT2D eigenvalue weighted by molar-refractivity contribution is -0.117. The van der Waals surface area contributed by atoms with Crippen molar-refractivity contribution in [1.29, 1.82) is 0 Å². The summed E-state index contributed by atoms with van der Waals surface area (Å²) in [7, 11) is 0. The molecule has 116 valence electrons. The van der Waals surface area contributed by atoms with Gasteiger partial charge in [0.25, 0.3) is 5.56 Å². The monoisotopic (exact) mass is 339 g/mol. The van der Waals surface area contributed by atoms with E-state index in [-0.39, 0.29) is 22.5 Å². The van der Waals surface area contributed by atoms with Crippen molar-refractivity contribution in [2.75, 3.05) is 5.32 Å². The first kappa shape index (κ1) is 16.5. The van der Waals surface area contributed by atoms with Crippen molar-refractivity contribution in [1.82, 2.24) is 9.78 Å². The van der Waals surface area contributed by atoms with Crippen LogP contribution in [0, 0.1) is 6.92 Å². The van der Waals surface area contributed by atoms with Gasteiger partial charge >= 0.3 is 0 Å². The van der Waals surface area contributed by atoms with Crippen LogP contribution < -0.4 is 10.9 Å². The predicted molar refractivity (Wildman–Crippen MR) is 87.7 cm³/mol. The lowest BCUT2D eigenvalue weighted by atomic mass is 10.1. The van der Waals surface area contributed by atoms with Crippen LogP contribution in [0.4, 0.5) is 5.69 Å². The Hall–Kier alpha value is -1.85. The van der Waals surface area contributed by atoms with Crippen LogP contribution in [-0.2, 0) is 17.8 Å². The highest BCUT2D eigenvalue weighted by Crippen LogP contribution is 2.21. The molecule has 0 fully saturated rings. The highest BCUT2D eigenvalue weighted by atomic mass is 35.5. The fourth-order valence-electron chi connectivity index (χ4n) is 2.07. The number of aryl methyl sites for hydroxylation is 2. The molecule has 0 saturated carbocycles. The van der Waals surface area contributed by atoms with E-state index < -0.39 is 5.56 Å². The number of rotatable bonds is 4. The summed E-state index contributed by atoms with van der Waals surface area (Å²) in [4.78, 5) is 24.0. The maximum atomic E-state index is 12.2. The third kappa shape index (κ3) is 3.48. The molecule has 22 heavy (non-hydrogen) atoms. The van der Waals surface area contributed by atoms with Crippen LogP contribution in [0.1, 0.15) is 18.1 Å². The molecule has 0 aliphatic rings. The molecular weight excluding hydrogens is 325 g/mol.